The molecule has 0 aliphatic rings. The zero-order valence-corrected chi connectivity index (χ0v) is 16.8. The number of anilines is 1. The summed E-state index contributed by atoms with van der Waals surface area (Å²) in [6.45, 7) is 8.63. The molecule has 3 rings (SSSR count). The third kappa shape index (κ3) is 4.86. The number of carbonyl (C=O) groups is 1. The number of pyridine rings is 1. The van der Waals surface area contributed by atoms with Gasteiger partial charge in [-0.05, 0) is 35.7 Å². The van der Waals surface area contributed by atoms with E-state index in [4.69, 9.17) is 0 Å². The first kappa shape index (κ1) is 19.8. The van der Waals surface area contributed by atoms with Gasteiger partial charge in [-0.3, -0.25) is 14.3 Å². The molecule has 6 nitrogen and oxygen atoms in total. The van der Waals surface area contributed by atoms with E-state index in [0.717, 1.165) is 17.1 Å². The Morgan fingerprint density at radius 2 is 2.04 bits per heavy atom. The summed E-state index contributed by atoms with van der Waals surface area (Å²) in [5.41, 5.74) is 2.92. The summed E-state index contributed by atoms with van der Waals surface area (Å²) in [5, 5.41) is 12.2. The van der Waals surface area contributed by atoms with Gasteiger partial charge in [-0.25, -0.2) is 0 Å². The number of hydrogen-bond acceptors (Lipinski definition) is 5. The second kappa shape index (κ2) is 9.32. The average molecular weight is 394 g/mol. The van der Waals surface area contributed by atoms with Gasteiger partial charge in [0, 0.05) is 30.2 Å². The zero-order valence-electron chi connectivity index (χ0n) is 16.0. The highest BCUT2D eigenvalue weighted by atomic mass is 32.2. The van der Waals surface area contributed by atoms with Gasteiger partial charge in [-0.1, -0.05) is 43.8 Å². The number of amides is 1. The highest BCUT2D eigenvalue weighted by molar-refractivity contribution is 7.99. The molecule has 0 aliphatic heterocycles. The Balaban J connectivity index is 1.69. The fraction of sp³-hybridized carbons (Fsp3) is 0.238. The highest BCUT2D eigenvalue weighted by Crippen LogP contribution is 2.24. The molecule has 0 spiro atoms. The second-order valence-corrected chi connectivity index (χ2v) is 7.50. The lowest BCUT2D eigenvalue weighted by Crippen LogP contribution is -2.15. The van der Waals surface area contributed by atoms with Crippen LogP contribution in [0.3, 0.4) is 0 Å². The molecular weight excluding hydrogens is 370 g/mol. The molecule has 0 atom stereocenters. The summed E-state index contributed by atoms with van der Waals surface area (Å²) in [4.78, 5) is 16.4. The van der Waals surface area contributed by atoms with Crippen LogP contribution in [0.4, 0.5) is 5.69 Å². The number of hydrogen-bond donors (Lipinski definition) is 1. The topological polar surface area (TPSA) is 72.7 Å². The van der Waals surface area contributed by atoms with Gasteiger partial charge in [0.25, 0.3) is 0 Å². The Labute approximate surface area is 169 Å². The van der Waals surface area contributed by atoms with Gasteiger partial charge in [-0.15, -0.1) is 16.8 Å². The van der Waals surface area contributed by atoms with Crippen molar-refractivity contribution in [1.29, 1.82) is 0 Å². The number of nitrogens with zero attached hydrogens (tertiary/aromatic N) is 4. The SMILES string of the molecule is C=CCn1c(SCC(=O)Nc2cccc(C(C)C)c2)nnc1-c1ccncc1. The van der Waals surface area contributed by atoms with Crippen LogP contribution in [0, 0.1) is 0 Å². The lowest BCUT2D eigenvalue weighted by atomic mass is 10.0. The van der Waals surface area contributed by atoms with E-state index >= 15 is 0 Å². The molecule has 1 amide bonds. The van der Waals surface area contributed by atoms with Crippen LogP contribution < -0.4 is 5.32 Å². The van der Waals surface area contributed by atoms with Crippen molar-refractivity contribution in [2.45, 2.75) is 31.5 Å². The molecule has 0 fully saturated rings. The predicted molar refractivity (Wildman–Crippen MR) is 113 cm³/mol. The maximum atomic E-state index is 12.4. The van der Waals surface area contributed by atoms with Crippen LogP contribution in [0.5, 0.6) is 0 Å². The van der Waals surface area contributed by atoms with Crippen molar-refractivity contribution >= 4 is 23.4 Å². The molecule has 1 N–H and O–H groups in total. The Hall–Kier alpha value is -2.93. The first-order valence-corrected chi connectivity index (χ1v) is 10.0. The normalized spacial score (nSPS) is 10.8. The monoisotopic (exact) mass is 393 g/mol. The van der Waals surface area contributed by atoms with Gasteiger partial charge in [-0.2, -0.15) is 0 Å². The molecule has 2 aromatic heterocycles. The minimum absolute atomic E-state index is 0.0791. The highest BCUT2D eigenvalue weighted by Gasteiger charge is 2.15. The summed E-state index contributed by atoms with van der Waals surface area (Å²) in [6.07, 6.45) is 5.22. The van der Waals surface area contributed by atoms with E-state index in [2.05, 4.69) is 47.0 Å². The number of nitrogens with one attached hydrogen (secondary N) is 1. The van der Waals surface area contributed by atoms with Crippen LogP contribution in [0.1, 0.15) is 25.3 Å². The van der Waals surface area contributed by atoms with E-state index in [1.165, 1.54) is 17.3 Å². The number of aromatic nitrogens is 4. The van der Waals surface area contributed by atoms with E-state index in [-0.39, 0.29) is 11.7 Å². The fourth-order valence-corrected chi connectivity index (χ4v) is 3.45. The molecule has 0 unspecified atom stereocenters. The first-order valence-electron chi connectivity index (χ1n) is 9.05. The van der Waals surface area contributed by atoms with Gasteiger partial charge >= 0.3 is 0 Å². The summed E-state index contributed by atoms with van der Waals surface area (Å²) < 4.78 is 1.94. The van der Waals surface area contributed by atoms with E-state index < -0.39 is 0 Å². The number of benzene rings is 1. The van der Waals surface area contributed by atoms with Gasteiger partial charge < -0.3 is 5.32 Å². The third-order valence-corrected chi connectivity index (χ3v) is 5.10. The van der Waals surface area contributed by atoms with Crippen molar-refractivity contribution in [3.05, 3.63) is 67.0 Å². The number of allylic oxidation sites excluding steroid dienone is 1. The maximum absolute atomic E-state index is 12.4. The molecule has 28 heavy (non-hydrogen) atoms. The van der Waals surface area contributed by atoms with Crippen LogP contribution in [0.2, 0.25) is 0 Å². The number of carbonyl (C=O) groups excluding carboxylic acids is 1. The van der Waals surface area contributed by atoms with Crippen LogP contribution in [0.25, 0.3) is 11.4 Å². The van der Waals surface area contributed by atoms with E-state index in [9.17, 15) is 4.79 Å². The van der Waals surface area contributed by atoms with E-state index in [1.54, 1.807) is 18.5 Å². The van der Waals surface area contributed by atoms with Crippen LogP contribution in [0.15, 0.2) is 66.6 Å². The Morgan fingerprint density at radius 3 is 2.75 bits per heavy atom. The lowest BCUT2D eigenvalue weighted by Gasteiger charge is -2.10. The van der Waals surface area contributed by atoms with Gasteiger partial charge in [0.1, 0.15) is 0 Å². The molecular formula is C21H23N5OS. The maximum Gasteiger partial charge on any atom is 0.234 e. The van der Waals surface area contributed by atoms with Crippen molar-refractivity contribution in [2.24, 2.45) is 0 Å². The second-order valence-electron chi connectivity index (χ2n) is 6.56. The fourth-order valence-electron chi connectivity index (χ4n) is 2.71. The van der Waals surface area contributed by atoms with Crippen LogP contribution in [-0.4, -0.2) is 31.4 Å². The Bertz CT molecular complexity index is 952. The largest absolute Gasteiger partial charge is 0.325 e. The predicted octanol–water partition coefficient (Wildman–Crippen LogP) is 4.38. The summed E-state index contributed by atoms with van der Waals surface area (Å²) in [5.74, 6) is 1.31. The lowest BCUT2D eigenvalue weighted by molar-refractivity contribution is -0.113. The van der Waals surface area contributed by atoms with Crippen molar-refractivity contribution in [1.82, 2.24) is 19.7 Å². The molecule has 7 heteroatoms. The Morgan fingerprint density at radius 1 is 1.25 bits per heavy atom. The van der Waals surface area contributed by atoms with E-state index in [0.29, 0.717) is 17.6 Å². The third-order valence-electron chi connectivity index (χ3n) is 4.14. The quantitative estimate of drug-likeness (QED) is 0.454. The molecule has 0 aliphatic carbocycles. The van der Waals surface area contributed by atoms with Gasteiger partial charge in [0.05, 0.1) is 5.75 Å². The average Bonchev–Trinajstić information content (AvgIpc) is 3.10. The number of rotatable bonds is 8. The molecule has 3 aromatic rings. The van der Waals surface area contributed by atoms with E-state index in [1.807, 2.05) is 34.9 Å². The Kier molecular flexibility index (Phi) is 6.60. The summed E-state index contributed by atoms with van der Waals surface area (Å²) in [7, 11) is 0. The molecule has 144 valence electrons. The molecule has 1 aromatic carbocycles. The van der Waals surface area contributed by atoms with Crippen molar-refractivity contribution in [2.75, 3.05) is 11.1 Å². The molecule has 0 saturated carbocycles. The van der Waals surface area contributed by atoms with Crippen molar-refractivity contribution in [3.63, 3.8) is 0 Å². The van der Waals surface area contributed by atoms with Gasteiger partial charge in [0.15, 0.2) is 11.0 Å². The standard InChI is InChI=1S/C21H23N5OS/c1-4-12-26-20(16-8-10-22-11-9-16)24-25-21(26)28-14-19(27)23-18-7-5-6-17(13-18)15(2)3/h4-11,13,15H,1,12,14H2,2-3H3,(H,23,27). The molecule has 2 heterocycles. The zero-order chi connectivity index (χ0) is 19.9. The minimum atomic E-state index is -0.0791. The number of thioether (sulfide) groups is 1. The summed E-state index contributed by atoms with van der Waals surface area (Å²) in [6, 6.07) is 11.7. The first-order chi connectivity index (χ1) is 13.6. The minimum Gasteiger partial charge on any atom is -0.325 e. The van der Waals surface area contributed by atoms with Crippen LogP contribution in [-0.2, 0) is 11.3 Å². The van der Waals surface area contributed by atoms with Crippen molar-refractivity contribution < 1.29 is 4.79 Å². The molecule has 0 saturated heterocycles. The molecule has 0 bridgehead atoms. The molecule has 0 radical (unpaired) electrons. The summed E-state index contributed by atoms with van der Waals surface area (Å²) >= 11 is 1.35. The van der Waals surface area contributed by atoms with Crippen LogP contribution >= 0.6 is 11.8 Å². The van der Waals surface area contributed by atoms with Crippen molar-refractivity contribution in [3.8, 4) is 11.4 Å². The van der Waals surface area contributed by atoms with Gasteiger partial charge in [0.2, 0.25) is 5.91 Å². The smallest absolute Gasteiger partial charge is 0.234 e.